The molecule has 0 saturated heterocycles. The van der Waals surface area contributed by atoms with E-state index in [1.807, 2.05) is 27.7 Å². The maximum absolute atomic E-state index is 11.0. The fourth-order valence-corrected chi connectivity index (χ4v) is 1.86. The minimum Gasteiger partial charge on any atom is -0.481 e. The van der Waals surface area contributed by atoms with E-state index in [0.717, 1.165) is 6.07 Å². The molecular weight excluding hydrogens is 314 g/mol. The fourth-order valence-electron chi connectivity index (χ4n) is 1.86. The summed E-state index contributed by atoms with van der Waals surface area (Å²) in [6.07, 6.45) is 1.46. The highest BCUT2D eigenvalue weighted by Crippen LogP contribution is 2.32. The molecule has 24 heavy (non-hydrogen) atoms. The molecule has 132 valence electrons. The highest BCUT2D eigenvalue weighted by Gasteiger charge is 2.18. The SMILES string of the molecule is CC.CC.COc1c(-c2cc(C(=O)O)cc([N+](=O)[O-])c2)cnn1C. The third-order valence-corrected chi connectivity index (χ3v) is 2.76. The van der Waals surface area contributed by atoms with Crippen molar-refractivity contribution in [3.8, 4) is 17.0 Å². The lowest BCUT2D eigenvalue weighted by Crippen LogP contribution is -2.00. The van der Waals surface area contributed by atoms with Crippen LogP contribution in [0, 0.1) is 10.1 Å². The zero-order valence-corrected chi connectivity index (χ0v) is 14.7. The summed E-state index contributed by atoms with van der Waals surface area (Å²) in [7, 11) is 3.09. The van der Waals surface area contributed by atoms with Crippen molar-refractivity contribution in [2.45, 2.75) is 27.7 Å². The molecule has 1 heterocycles. The Labute approximate surface area is 140 Å². The van der Waals surface area contributed by atoms with Gasteiger partial charge in [-0.3, -0.25) is 10.1 Å². The van der Waals surface area contributed by atoms with Gasteiger partial charge in [-0.05, 0) is 11.6 Å². The summed E-state index contributed by atoms with van der Waals surface area (Å²) in [6, 6.07) is 3.63. The predicted octanol–water partition coefficient (Wildman–Crippen LogP) is 3.75. The Hall–Kier alpha value is -2.90. The molecule has 0 aliphatic rings. The van der Waals surface area contributed by atoms with Crippen LogP contribution in [0.3, 0.4) is 0 Å². The maximum atomic E-state index is 11.0. The topological polar surface area (TPSA) is 107 Å². The lowest BCUT2D eigenvalue weighted by atomic mass is 10.0. The highest BCUT2D eigenvalue weighted by molar-refractivity contribution is 5.91. The van der Waals surface area contributed by atoms with Gasteiger partial charge in [0.2, 0.25) is 5.88 Å². The van der Waals surface area contributed by atoms with Gasteiger partial charge in [-0.1, -0.05) is 27.7 Å². The maximum Gasteiger partial charge on any atom is 0.335 e. The summed E-state index contributed by atoms with van der Waals surface area (Å²) in [5, 5.41) is 23.9. The van der Waals surface area contributed by atoms with Gasteiger partial charge in [0.15, 0.2) is 0 Å². The van der Waals surface area contributed by atoms with Crippen molar-refractivity contribution in [2.24, 2.45) is 7.05 Å². The number of hydrogen-bond acceptors (Lipinski definition) is 5. The van der Waals surface area contributed by atoms with Crippen molar-refractivity contribution in [1.29, 1.82) is 0 Å². The molecule has 1 N–H and O–H groups in total. The molecule has 0 aliphatic heterocycles. The molecule has 2 rings (SSSR count). The Kier molecular flexibility index (Phi) is 8.78. The van der Waals surface area contributed by atoms with Crippen LogP contribution in [0.5, 0.6) is 5.88 Å². The number of aromatic carboxylic acids is 1. The number of aromatic nitrogens is 2. The first-order chi connectivity index (χ1) is 11.4. The van der Waals surface area contributed by atoms with Crippen LogP contribution in [0.15, 0.2) is 24.4 Å². The Balaban J connectivity index is 0.00000123. The van der Waals surface area contributed by atoms with Gasteiger partial charge in [-0.2, -0.15) is 5.10 Å². The number of methoxy groups -OCH3 is 1. The van der Waals surface area contributed by atoms with E-state index in [4.69, 9.17) is 9.84 Å². The van der Waals surface area contributed by atoms with Gasteiger partial charge in [-0.25, -0.2) is 9.48 Å². The van der Waals surface area contributed by atoms with Gasteiger partial charge in [0.1, 0.15) is 0 Å². The summed E-state index contributed by atoms with van der Waals surface area (Å²) in [4.78, 5) is 21.3. The second-order valence-electron chi connectivity index (χ2n) is 4.02. The number of non-ortho nitro benzene ring substituents is 1. The first-order valence-electron chi connectivity index (χ1n) is 7.53. The van der Waals surface area contributed by atoms with Crippen molar-refractivity contribution in [3.05, 3.63) is 40.1 Å². The van der Waals surface area contributed by atoms with Gasteiger partial charge in [-0.15, -0.1) is 0 Å². The number of nitro groups is 1. The van der Waals surface area contributed by atoms with Crippen molar-refractivity contribution in [3.63, 3.8) is 0 Å². The average Bonchev–Trinajstić information content (AvgIpc) is 2.98. The molecule has 2 aromatic rings. The second kappa shape index (κ2) is 9.98. The predicted molar refractivity (Wildman–Crippen MR) is 91.5 cm³/mol. The molecule has 0 spiro atoms. The van der Waals surface area contributed by atoms with E-state index in [2.05, 4.69) is 5.10 Å². The fraction of sp³-hybridized carbons (Fsp3) is 0.375. The lowest BCUT2D eigenvalue weighted by Gasteiger charge is -2.05. The third kappa shape index (κ3) is 4.80. The van der Waals surface area contributed by atoms with Gasteiger partial charge in [0, 0.05) is 19.2 Å². The molecule has 1 aromatic carbocycles. The smallest absolute Gasteiger partial charge is 0.335 e. The normalized spacial score (nSPS) is 9.08. The number of aryl methyl sites for hydroxylation is 1. The van der Waals surface area contributed by atoms with Crippen LogP contribution in [0.4, 0.5) is 5.69 Å². The molecule has 0 fully saturated rings. The van der Waals surface area contributed by atoms with E-state index in [9.17, 15) is 14.9 Å². The van der Waals surface area contributed by atoms with Crippen molar-refractivity contribution < 1.29 is 19.6 Å². The number of rotatable bonds is 4. The van der Waals surface area contributed by atoms with E-state index >= 15 is 0 Å². The molecular formula is C16H23N3O5. The van der Waals surface area contributed by atoms with Gasteiger partial charge in [0.05, 0.1) is 29.4 Å². The molecule has 0 amide bonds. The molecule has 0 bridgehead atoms. The highest BCUT2D eigenvalue weighted by atomic mass is 16.6. The van der Waals surface area contributed by atoms with Crippen LogP contribution in [0.2, 0.25) is 0 Å². The van der Waals surface area contributed by atoms with Crippen LogP contribution < -0.4 is 4.74 Å². The number of nitro benzene ring substituents is 1. The molecule has 8 nitrogen and oxygen atoms in total. The number of carboxylic acid groups (broad SMARTS) is 1. The monoisotopic (exact) mass is 337 g/mol. The first-order valence-corrected chi connectivity index (χ1v) is 7.53. The number of nitrogens with zero attached hydrogens (tertiary/aromatic N) is 3. The lowest BCUT2D eigenvalue weighted by molar-refractivity contribution is -0.384. The van der Waals surface area contributed by atoms with Crippen LogP contribution in [0.1, 0.15) is 38.1 Å². The van der Waals surface area contributed by atoms with Crippen molar-refractivity contribution in [1.82, 2.24) is 9.78 Å². The van der Waals surface area contributed by atoms with E-state index in [0.29, 0.717) is 17.0 Å². The molecule has 0 radical (unpaired) electrons. The zero-order chi connectivity index (χ0) is 18.9. The Morgan fingerprint density at radius 3 is 2.29 bits per heavy atom. The number of benzene rings is 1. The first kappa shape index (κ1) is 21.1. The second-order valence-corrected chi connectivity index (χ2v) is 4.02. The van der Waals surface area contributed by atoms with Gasteiger partial charge < -0.3 is 9.84 Å². The van der Waals surface area contributed by atoms with Crippen molar-refractivity contribution >= 4 is 11.7 Å². The molecule has 0 saturated carbocycles. The van der Waals surface area contributed by atoms with Gasteiger partial charge >= 0.3 is 5.97 Å². The standard InChI is InChI=1S/C12H11N3O5.2C2H6/c1-14-11(20-2)10(6-13-14)7-3-8(12(16)17)5-9(4-7)15(18)19;2*1-2/h3-6H,1-2H3,(H,16,17);2*1-2H3. The van der Waals surface area contributed by atoms with Crippen LogP contribution in [-0.4, -0.2) is 32.9 Å². The summed E-state index contributed by atoms with van der Waals surface area (Å²) < 4.78 is 6.61. The molecule has 1 aromatic heterocycles. The van der Waals surface area contributed by atoms with E-state index in [1.54, 1.807) is 7.05 Å². The third-order valence-electron chi connectivity index (χ3n) is 2.76. The van der Waals surface area contributed by atoms with E-state index in [-0.39, 0.29) is 11.3 Å². The number of hydrogen-bond donors (Lipinski definition) is 1. The number of ether oxygens (including phenoxy) is 1. The van der Waals surface area contributed by atoms with Gasteiger partial charge in [0.25, 0.3) is 5.69 Å². The number of carbonyl (C=O) groups is 1. The minimum absolute atomic E-state index is 0.167. The van der Waals surface area contributed by atoms with Crippen LogP contribution in [0.25, 0.3) is 11.1 Å². The summed E-state index contributed by atoms with van der Waals surface area (Å²) >= 11 is 0. The quantitative estimate of drug-likeness (QED) is 0.672. The number of carboxylic acids is 1. The summed E-state index contributed by atoms with van der Waals surface area (Å²) in [6.45, 7) is 8.00. The average molecular weight is 337 g/mol. The molecule has 0 unspecified atom stereocenters. The Bertz CT molecular complexity index is 663. The van der Waals surface area contributed by atoms with Crippen LogP contribution >= 0.6 is 0 Å². The van der Waals surface area contributed by atoms with Crippen LogP contribution in [-0.2, 0) is 7.05 Å². The summed E-state index contributed by atoms with van der Waals surface area (Å²) in [5.41, 5.74) is 0.383. The van der Waals surface area contributed by atoms with E-state index in [1.165, 1.54) is 30.1 Å². The van der Waals surface area contributed by atoms with Crippen molar-refractivity contribution in [2.75, 3.05) is 7.11 Å². The summed E-state index contributed by atoms with van der Waals surface area (Å²) in [5.74, 6) is -0.848. The largest absolute Gasteiger partial charge is 0.481 e. The van der Waals surface area contributed by atoms with E-state index < -0.39 is 10.9 Å². The molecule has 0 atom stereocenters. The Morgan fingerprint density at radius 2 is 1.83 bits per heavy atom. The minimum atomic E-state index is -1.24. The molecule has 0 aliphatic carbocycles. The Morgan fingerprint density at radius 1 is 1.25 bits per heavy atom. The zero-order valence-electron chi connectivity index (χ0n) is 14.7. The molecule has 8 heteroatoms.